The van der Waals surface area contributed by atoms with Crippen molar-refractivity contribution in [3.05, 3.63) is 51.7 Å². The first kappa shape index (κ1) is 20.0. The Balaban J connectivity index is 1.81. The zero-order chi connectivity index (χ0) is 19.4. The zero-order valence-corrected chi connectivity index (χ0v) is 17.9. The Bertz CT molecular complexity index is 812. The number of amides is 1. The topological polar surface area (TPSA) is 55.4 Å². The summed E-state index contributed by atoms with van der Waals surface area (Å²) < 4.78 is 4.86. The molecular weight excluding hydrogens is 377 g/mol. The van der Waals surface area contributed by atoms with Gasteiger partial charge in [0.05, 0.1) is 31.3 Å². The third-order valence-corrected chi connectivity index (χ3v) is 12.0. The van der Waals surface area contributed by atoms with Gasteiger partial charge in [0.1, 0.15) is 10.5 Å². The van der Waals surface area contributed by atoms with Crippen LogP contribution < -0.4 is 5.32 Å². The maximum absolute atomic E-state index is 13.2. The maximum atomic E-state index is 13.2. The van der Waals surface area contributed by atoms with Crippen molar-refractivity contribution in [2.45, 2.75) is 38.5 Å². The summed E-state index contributed by atoms with van der Waals surface area (Å²) in [6.07, 6.45) is 5.78. The molecule has 3 rings (SSSR count). The molecule has 1 aromatic carbocycles. The van der Waals surface area contributed by atoms with Crippen molar-refractivity contribution in [1.29, 1.82) is 0 Å². The highest BCUT2D eigenvalue weighted by Crippen LogP contribution is 2.69. The van der Waals surface area contributed by atoms with Crippen LogP contribution in [0.25, 0.3) is 0 Å². The molecule has 1 atom stereocenters. The molecule has 1 fully saturated rings. The molecule has 6 heteroatoms. The van der Waals surface area contributed by atoms with Crippen molar-refractivity contribution in [2.75, 3.05) is 24.8 Å². The highest BCUT2D eigenvalue weighted by Gasteiger charge is 2.49. The smallest absolute Gasteiger partial charge is 0.350 e. The molecule has 2 aromatic rings. The Labute approximate surface area is 165 Å². The van der Waals surface area contributed by atoms with Crippen LogP contribution in [-0.4, -0.2) is 37.0 Å². The molecule has 2 heterocycles. The molecule has 1 aliphatic heterocycles. The highest BCUT2D eigenvalue weighted by molar-refractivity contribution is 7.76. The number of methoxy groups -OCH3 is 1. The van der Waals surface area contributed by atoms with Gasteiger partial charge in [0, 0.05) is 7.26 Å². The fraction of sp³-hybridized carbons (Fsp3) is 0.429. The van der Waals surface area contributed by atoms with Crippen molar-refractivity contribution >= 4 is 36.2 Å². The Morgan fingerprint density at radius 2 is 1.89 bits per heavy atom. The Hall–Kier alpha value is -1.71. The second-order valence-corrected chi connectivity index (χ2v) is 12.6. The van der Waals surface area contributed by atoms with E-state index in [0.29, 0.717) is 10.6 Å². The normalized spacial score (nSPS) is 16.7. The summed E-state index contributed by atoms with van der Waals surface area (Å²) >= 11 is 1.32. The molecule has 27 heavy (non-hydrogen) atoms. The van der Waals surface area contributed by atoms with E-state index >= 15 is 0 Å². The molecule has 1 aliphatic rings. The number of carbonyl (C=O) groups excluding carboxylic acids is 2. The molecule has 0 radical (unpaired) electrons. The summed E-state index contributed by atoms with van der Waals surface area (Å²) in [5.74, 6) is -0.362. The molecule has 1 N–H and O–H groups in total. The summed E-state index contributed by atoms with van der Waals surface area (Å²) in [5.41, 5.74) is 2.82. The molecule has 0 saturated carbocycles. The van der Waals surface area contributed by atoms with E-state index in [-0.39, 0.29) is 11.6 Å². The van der Waals surface area contributed by atoms with Gasteiger partial charge in [-0.15, -0.1) is 11.3 Å². The van der Waals surface area contributed by atoms with E-state index in [1.54, 1.807) is 0 Å². The minimum atomic E-state index is -1.42. The molecule has 1 amide bonds. The van der Waals surface area contributed by atoms with Gasteiger partial charge in [-0.25, -0.2) is 4.79 Å². The summed E-state index contributed by atoms with van der Waals surface area (Å²) in [6.45, 7) is 3.99. The van der Waals surface area contributed by atoms with Crippen LogP contribution in [0.5, 0.6) is 0 Å². The van der Waals surface area contributed by atoms with E-state index in [0.717, 1.165) is 11.7 Å². The molecule has 4 nitrogen and oxygen atoms in total. The summed E-state index contributed by atoms with van der Waals surface area (Å²) in [5, 5.41) is 4.95. The standard InChI is InChI=1S/C21H26NO3PS/c1-15-14-27-19(21(24)25-3)18(15)22-20(23)16(2)26(11-7-8-12-26)13-17-9-5-4-6-10-17/h4-6,9-10,14,16H,7-8,11-13H2,1-3H3/p+1. The van der Waals surface area contributed by atoms with E-state index < -0.39 is 13.2 Å². The molecular formula is C21H27NO3PS+. The maximum Gasteiger partial charge on any atom is 0.350 e. The average Bonchev–Trinajstić information content (AvgIpc) is 3.29. The van der Waals surface area contributed by atoms with Gasteiger partial charge in [0.2, 0.25) is 0 Å². The third kappa shape index (κ3) is 4.25. The number of aryl methyl sites for hydroxylation is 1. The molecule has 1 unspecified atom stereocenters. The lowest BCUT2D eigenvalue weighted by Crippen LogP contribution is -2.30. The number of ether oxygens (including phenoxy) is 1. The van der Waals surface area contributed by atoms with Crippen molar-refractivity contribution in [3.63, 3.8) is 0 Å². The quantitative estimate of drug-likeness (QED) is 0.533. The van der Waals surface area contributed by atoms with Crippen LogP contribution in [0.3, 0.4) is 0 Å². The number of hydrogen-bond donors (Lipinski definition) is 1. The van der Waals surface area contributed by atoms with Gasteiger partial charge in [-0.1, -0.05) is 30.3 Å². The lowest BCUT2D eigenvalue weighted by atomic mass is 10.2. The second kappa shape index (κ2) is 8.53. The molecule has 1 saturated heterocycles. The van der Waals surface area contributed by atoms with Crippen LogP contribution in [-0.2, 0) is 15.7 Å². The Morgan fingerprint density at radius 3 is 2.52 bits per heavy atom. The van der Waals surface area contributed by atoms with Crippen LogP contribution in [0.2, 0.25) is 0 Å². The van der Waals surface area contributed by atoms with Crippen LogP contribution in [0.15, 0.2) is 35.7 Å². The van der Waals surface area contributed by atoms with Crippen molar-refractivity contribution in [2.24, 2.45) is 0 Å². The predicted molar refractivity (Wildman–Crippen MR) is 115 cm³/mol. The van der Waals surface area contributed by atoms with E-state index in [1.807, 2.05) is 18.4 Å². The fourth-order valence-electron chi connectivity index (χ4n) is 3.91. The lowest BCUT2D eigenvalue weighted by Gasteiger charge is -2.28. The van der Waals surface area contributed by atoms with Gasteiger partial charge in [-0.2, -0.15) is 0 Å². The lowest BCUT2D eigenvalue weighted by molar-refractivity contribution is -0.115. The number of nitrogens with one attached hydrogen (secondary N) is 1. The summed E-state index contributed by atoms with van der Waals surface area (Å²) in [4.78, 5) is 25.7. The van der Waals surface area contributed by atoms with Gasteiger partial charge in [-0.3, -0.25) is 4.79 Å². The van der Waals surface area contributed by atoms with Gasteiger partial charge in [0.15, 0.2) is 0 Å². The molecule has 0 bridgehead atoms. The number of rotatable bonds is 6. The number of carbonyl (C=O) groups is 2. The first-order chi connectivity index (χ1) is 13.0. The Kier molecular flexibility index (Phi) is 6.33. The van der Waals surface area contributed by atoms with Crippen molar-refractivity contribution in [3.8, 4) is 0 Å². The SMILES string of the molecule is COC(=O)c1scc(C)c1NC(=O)C(C)[P+]1(Cc2ccccc2)CCCC1. The highest BCUT2D eigenvalue weighted by atomic mass is 32.1. The number of thiophene rings is 1. The first-order valence-corrected chi connectivity index (χ1v) is 12.6. The largest absolute Gasteiger partial charge is 0.465 e. The predicted octanol–water partition coefficient (Wildman–Crippen LogP) is 5.18. The number of anilines is 1. The van der Waals surface area contributed by atoms with E-state index in [1.165, 1.54) is 49.2 Å². The molecule has 144 valence electrons. The van der Waals surface area contributed by atoms with E-state index in [2.05, 4.69) is 36.5 Å². The van der Waals surface area contributed by atoms with Gasteiger partial charge < -0.3 is 10.1 Å². The van der Waals surface area contributed by atoms with E-state index in [9.17, 15) is 9.59 Å². The van der Waals surface area contributed by atoms with Crippen molar-refractivity contribution < 1.29 is 14.3 Å². The monoisotopic (exact) mass is 404 g/mol. The first-order valence-electron chi connectivity index (χ1n) is 9.34. The number of benzene rings is 1. The van der Waals surface area contributed by atoms with Crippen LogP contribution in [0.1, 0.15) is 40.6 Å². The van der Waals surface area contributed by atoms with E-state index in [4.69, 9.17) is 4.74 Å². The van der Waals surface area contributed by atoms with Crippen LogP contribution >= 0.6 is 18.6 Å². The summed E-state index contributed by atoms with van der Waals surface area (Å²) in [7, 11) is -0.0543. The van der Waals surface area contributed by atoms with Gasteiger partial charge >= 0.3 is 5.97 Å². The minimum Gasteiger partial charge on any atom is -0.465 e. The van der Waals surface area contributed by atoms with Crippen LogP contribution in [0, 0.1) is 6.92 Å². The zero-order valence-electron chi connectivity index (χ0n) is 16.2. The van der Waals surface area contributed by atoms with Crippen LogP contribution in [0.4, 0.5) is 5.69 Å². The Morgan fingerprint density at radius 1 is 1.22 bits per heavy atom. The second-order valence-electron chi connectivity index (χ2n) is 7.30. The van der Waals surface area contributed by atoms with Crippen molar-refractivity contribution in [1.82, 2.24) is 0 Å². The molecule has 0 spiro atoms. The summed E-state index contributed by atoms with van der Waals surface area (Å²) in [6, 6.07) is 10.5. The minimum absolute atomic E-state index is 0.0231. The van der Waals surface area contributed by atoms with Gasteiger partial charge in [-0.05, 0) is 43.2 Å². The number of esters is 1. The number of hydrogen-bond acceptors (Lipinski definition) is 4. The third-order valence-electron chi connectivity index (χ3n) is 5.59. The fourth-order valence-corrected chi connectivity index (χ4v) is 9.63. The molecule has 0 aliphatic carbocycles. The molecule has 1 aromatic heterocycles. The average molecular weight is 404 g/mol. The van der Waals surface area contributed by atoms with Gasteiger partial charge in [0.25, 0.3) is 5.91 Å².